The van der Waals surface area contributed by atoms with Crippen LogP contribution in [0.2, 0.25) is 10.0 Å². The molecule has 0 saturated carbocycles. The maximum atomic E-state index is 6.13. The Morgan fingerprint density at radius 2 is 1.75 bits per heavy atom. The van der Waals surface area contributed by atoms with E-state index in [9.17, 15) is 0 Å². The van der Waals surface area contributed by atoms with Crippen molar-refractivity contribution in [1.82, 2.24) is 4.98 Å². The van der Waals surface area contributed by atoms with Crippen LogP contribution in [0, 0.1) is 0 Å². The van der Waals surface area contributed by atoms with Crippen molar-refractivity contribution in [3.63, 3.8) is 0 Å². The van der Waals surface area contributed by atoms with Crippen molar-refractivity contribution in [2.24, 2.45) is 0 Å². The Balaban J connectivity index is 1.83. The lowest BCUT2D eigenvalue weighted by Crippen LogP contribution is -2.00. The van der Waals surface area contributed by atoms with Crippen molar-refractivity contribution >= 4 is 39.8 Å². The first kappa shape index (κ1) is 13.2. The predicted octanol–water partition coefficient (Wildman–Crippen LogP) is 5.15. The van der Waals surface area contributed by atoms with Crippen LogP contribution in [0.4, 0.5) is 5.69 Å². The van der Waals surface area contributed by atoms with Gasteiger partial charge < -0.3 is 5.32 Å². The Morgan fingerprint density at radius 3 is 2.55 bits per heavy atom. The van der Waals surface area contributed by atoms with E-state index in [1.807, 2.05) is 42.5 Å². The summed E-state index contributed by atoms with van der Waals surface area (Å²) in [6.07, 6.45) is 1.80. The van der Waals surface area contributed by atoms with Gasteiger partial charge in [-0.05, 0) is 35.9 Å². The molecule has 0 spiro atoms. The third-order valence-electron chi connectivity index (χ3n) is 3.10. The lowest BCUT2D eigenvalue weighted by Gasteiger charge is -2.10. The van der Waals surface area contributed by atoms with Gasteiger partial charge in [-0.2, -0.15) is 0 Å². The molecule has 0 unspecified atom stereocenters. The first-order chi connectivity index (χ1) is 9.74. The molecule has 0 radical (unpaired) electrons. The van der Waals surface area contributed by atoms with Crippen LogP contribution in [-0.2, 0) is 6.54 Å². The van der Waals surface area contributed by atoms with Crippen molar-refractivity contribution in [2.75, 3.05) is 5.32 Å². The summed E-state index contributed by atoms with van der Waals surface area (Å²) in [5.74, 6) is 0. The zero-order chi connectivity index (χ0) is 13.9. The Kier molecular flexibility index (Phi) is 3.77. The number of fused-ring (bicyclic) bond motifs is 1. The van der Waals surface area contributed by atoms with Crippen LogP contribution in [0.15, 0.2) is 54.7 Å². The highest BCUT2D eigenvalue weighted by molar-refractivity contribution is 6.39. The number of nitrogens with zero attached hydrogens (tertiary/aromatic N) is 1. The quantitative estimate of drug-likeness (QED) is 0.723. The molecule has 0 amide bonds. The van der Waals surface area contributed by atoms with E-state index in [1.165, 1.54) is 0 Å². The Bertz CT molecular complexity index is 736. The van der Waals surface area contributed by atoms with E-state index in [2.05, 4.69) is 16.4 Å². The van der Waals surface area contributed by atoms with Crippen LogP contribution >= 0.6 is 23.2 Å². The lowest BCUT2D eigenvalue weighted by atomic mass is 10.1. The molecule has 20 heavy (non-hydrogen) atoms. The zero-order valence-corrected chi connectivity index (χ0v) is 12.1. The number of hydrogen-bond acceptors (Lipinski definition) is 2. The van der Waals surface area contributed by atoms with E-state index < -0.39 is 0 Å². The van der Waals surface area contributed by atoms with Gasteiger partial charge >= 0.3 is 0 Å². The van der Waals surface area contributed by atoms with Crippen molar-refractivity contribution in [3.05, 3.63) is 70.3 Å². The van der Waals surface area contributed by atoms with E-state index in [4.69, 9.17) is 23.2 Å². The predicted molar refractivity (Wildman–Crippen MR) is 85.5 cm³/mol. The second-order valence-electron chi connectivity index (χ2n) is 4.48. The molecule has 0 aliphatic rings. The van der Waals surface area contributed by atoms with E-state index in [1.54, 1.807) is 6.20 Å². The fourth-order valence-corrected chi connectivity index (χ4v) is 2.62. The summed E-state index contributed by atoms with van der Waals surface area (Å²) in [6.45, 7) is 0.661. The summed E-state index contributed by atoms with van der Waals surface area (Å²) in [5, 5.41) is 5.65. The highest BCUT2D eigenvalue weighted by atomic mass is 35.5. The third-order valence-corrected chi connectivity index (χ3v) is 3.73. The summed E-state index contributed by atoms with van der Waals surface area (Å²) in [7, 11) is 0. The first-order valence-corrected chi connectivity index (χ1v) is 7.01. The summed E-state index contributed by atoms with van der Waals surface area (Å²) in [4.78, 5) is 4.31. The molecule has 0 aliphatic heterocycles. The summed E-state index contributed by atoms with van der Waals surface area (Å²) < 4.78 is 0. The van der Waals surface area contributed by atoms with Gasteiger partial charge in [-0.3, -0.25) is 4.98 Å². The van der Waals surface area contributed by atoms with Crippen molar-refractivity contribution in [2.45, 2.75) is 6.54 Å². The van der Waals surface area contributed by atoms with Gasteiger partial charge in [-0.25, -0.2) is 0 Å². The minimum absolute atomic E-state index is 0.625. The number of rotatable bonds is 3. The first-order valence-electron chi connectivity index (χ1n) is 6.25. The molecular formula is C16H12Cl2N2. The van der Waals surface area contributed by atoms with Gasteiger partial charge in [0.25, 0.3) is 0 Å². The Morgan fingerprint density at radius 1 is 0.950 bits per heavy atom. The maximum absolute atomic E-state index is 6.13. The largest absolute Gasteiger partial charge is 0.379 e. The number of aromatic nitrogens is 1. The number of pyridine rings is 1. The van der Waals surface area contributed by atoms with Crippen molar-refractivity contribution in [1.29, 1.82) is 0 Å². The third kappa shape index (κ3) is 2.72. The van der Waals surface area contributed by atoms with Crippen LogP contribution in [0.5, 0.6) is 0 Å². The van der Waals surface area contributed by atoms with Crippen molar-refractivity contribution < 1.29 is 0 Å². The Hall–Kier alpha value is -1.77. The zero-order valence-electron chi connectivity index (χ0n) is 10.6. The molecule has 1 heterocycles. The summed E-state index contributed by atoms with van der Waals surface area (Å²) >= 11 is 12.3. The maximum Gasteiger partial charge on any atom is 0.0721 e. The highest BCUT2D eigenvalue weighted by Gasteiger charge is 2.05. The number of para-hydroxylation sites is 1. The van der Waals surface area contributed by atoms with Gasteiger partial charge in [0.05, 0.1) is 21.2 Å². The molecule has 3 aromatic rings. The van der Waals surface area contributed by atoms with Crippen LogP contribution in [-0.4, -0.2) is 4.98 Å². The van der Waals surface area contributed by atoms with E-state index in [-0.39, 0.29) is 0 Å². The van der Waals surface area contributed by atoms with Gasteiger partial charge in [0, 0.05) is 18.1 Å². The number of hydrogen-bond donors (Lipinski definition) is 1. The SMILES string of the molecule is Clc1cccc(Cl)c1NCc1ccc2ncccc2c1. The second kappa shape index (κ2) is 5.70. The van der Waals surface area contributed by atoms with Crippen LogP contribution in [0.3, 0.4) is 0 Å². The van der Waals surface area contributed by atoms with E-state index in [0.29, 0.717) is 16.6 Å². The van der Waals surface area contributed by atoms with Crippen LogP contribution < -0.4 is 5.32 Å². The molecule has 0 saturated heterocycles. The molecule has 2 nitrogen and oxygen atoms in total. The molecule has 0 fully saturated rings. The number of halogens is 2. The molecule has 1 aromatic heterocycles. The fraction of sp³-hybridized carbons (Fsp3) is 0.0625. The van der Waals surface area contributed by atoms with Crippen LogP contribution in [0.1, 0.15) is 5.56 Å². The van der Waals surface area contributed by atoms with Gasteiger partial charge in [0.2, 0.25) is 0 Å². The average molecular weight is 303 g/mol. The standard InChI is InChI=1S/C16H12Cl2N2/c17-13-4-1-5-14(18)16(13)20-10-11-6-7-15-12(9-11)3-2-8-19-15/h1-9,20H,10H2. The minimum Gasteiger partial charge on any atom is -0.379 e. The molecule has 0 bridgehead atoms. The van der Waals surface area contributed by atoms with Crippen LogP contribution in [0.25, 0.3) is 10.9 Å². The normalized spacial score (nSPS) is 10.7. The molecule has 100 valence electrons. The molecule has 0 atom stereocenters. The van der Waals surface area contributed by atoms with Gasteiger partial charge in [0.1, 0.15) is 0 Å². The fourth-order valence-electron chi connectivity index (χ4n) is 2.09. The number of nitrogens with one attached hydrogen (secondary N) is 1. The van der Waals surface area contributed by atoms with Gasteiger partial charge in [-0.15, -0.1) is 0 Å². The van der Waals surface area contributed by atoms with E-state index in [0.717, 1.165) is 22.2 Å². The van der Waals surface area contributed by atoms with Gasteiger partial charge in [0.15, 0.2) is 0 Å². The number of anilines is 1. The molecule has 0 aliphatic carbocycles. The Labute approximate surface area is 127 Å². The topological polar surface area (TPSA) is 24.9 Å². The number of benzene rings is 2. The highest BCUT2D eigenvalue weighted by Crippen LogP contribution is 2.30. The minimum atomic E-state index is 0.625. The smallest absolute Gasteiger partial charge is 0.0721 e. The molecule has 1 N–H and O–H groups in total. The molecule has 3 rings (SSSR count). The molecule has 4 heteroatoms. The molecule has 2 aromatic carbocycles. The summed E-state index contributed by atoms with van der Waals surface area (Å²) in [6, 6.07) is 15.6. The van der Waals surface area contributed by atoms with Gasteiger partial charge in [-0.1, -0.05) is 41.4 Å². The van der Waals surface area contributed by atoms with Crippen molar-refractivity contribution in [3.8, 4) is 0 Å². The average Bonchev–Trinajstić information content (AvgIpc) is 2.46. The second-order valence-corrected chi connectivity index (χ2v) is 5.30. The molecular weight excluding hydrogens is 291 g/mol. The lowest BCUT2D eigenvalue weighted by molar-refractivity contribution is 1.15. The summed E-state index contributed by atoms with van der Waals surface area (Å²) in [5.41, 5.74) is 2.91. The van der Waals surface area contributed by atoms with E-state index >= 15 is 0 Å². The monoisotopic (exact) mass is 302 g/mol.